The predicted molar refractivity (Wildman–Crippen MR) is 432 cm³/mol. The number of phosphoric acid groups is 2. The van der Waals surface area contributed by atoms with Gasteiger partial charge in [0.15, 0.2) is 12.2 Å². The van der Waals surface area contributed by atoms with Crippen LogP contribution in [0.4, 0.5) is 0 Å². The molecule has 0 aromatic heterocycles. The molecule has 2 unspecified atom stereocenters. The fraction of sp³-hybridized carbons (Fsp3) is 0.953. The molecule has 0 rings (SSSR count). The molecule has 3 N–H and O–H groups in total. The topological polar surface area (TPSA) is 237 Å². The van der Waals surface area contributed by atoms with E-state index in [2.05, 4.69) is 48.5 Å². The van der Waals surface area contributed by atoms with Crippen LogP contribution in [0, 0.1) is 17.8 Å². The minimum Gasteiger partial charge on any atom is -0.462 e. The van der Waals surface area contributed by atoms with Crippen LogP contribution in [0.5, 0.6) is 0 Å². The fourth-order valence-electron chi connectivity index (χ4n) is 13.4. The van der Waals surface area contributed by atoms with Gasteiger partial charge in [-0.05, 0) is 43.4 Å². The normalized spacial score (nSPS) is 13.9. The van der Waals surface area contributed by atoms with Gasteiger partial charge in [0.05, 0.1) is 26.4 Å². The van der Waals surface area contributed by atoms with Gasteiger partial charge in [-0.15, -0.1) is 0 Å². The minimum atomic E-state index is -4.97. The van der Waals surface area contributed by atoms with E-state index in [1.807, 2.05) is 0 Å². The number of aliphatic hydroxyl groups excluding tert-OH is 1. The van der Waals surface area contributed by atoms with Crippen molar-refractivity contribution in [2.45, 2.75) is 471 Å². The summed E-state index contributed by atoms with van der Waals surface area (Å²) >= 11 is 0. The van der Waals surface area contributed by atoms with Crippen LogP contribution in [0.15, 0.2) is 0 Å². The van der Waals surface area contributed by atoms with Crippen molar-refractivity contribution in [3.8, 4) is 0 Å². The Bertz CT molecular complexity index is 2030. The first-order valence-corrected chi connectivity index (χ1v) is 47.3. The highest BCUT2D eigenvalue weighted by Gasteiger charge is 2.30. The third-order valence-corrected chi connectivity index (χ3v) is 22.0. The molecule has 0 aliphatic carbocycles. The molecule has 0 radical (unpaired) electrons. The summed E-state index contributed by atoms with van der Waals surface area (Å²) in [7, 11) is -9.93. The van der Waals surface area contributed by atoms with Gasteiger partial charge in [-0.1, -0.05) is 402 Å². The van der Waals surface area contributed by atoms with E-state index in [1.165, 1.54) is 263 Å². The van der Waals surface area contributed by atoms with E-state index < -0.39 is 97.5 Å². The van der Waals surface area contributed by atoms with Crippen molar-refractivity contribution in [2.24, 2.45) is 17.8 Å². The Labute approximate surface area is 645 Å². The summed E-state index contributed by atoms with van der Waals surface area (Å²) in [4.78, 5) is 73.3. The summed E-state index contributed by atoms with van der Waals surface area (Å²) < 4.78 is 68.9. The predicted octanol–water partition coefficient (Wildman–Crippen LogP) is 26.1. The maximum atomic E-state index is 13.2. The summed E-state index contributed by atoms with van der Waals surface area (Å²) in [5, 5.41) is 10.7. The maximum absolute atomic E-state index is 13.2. The molecule has 0 aromatic rings. The highest BCUT2D eigenvalue weighted by molar-refractivity contribution is 7.47. The van der Waals surface area contributed by atoms with E-state index in [1.54, 1.807) is 0 Å². The Kier molecular flexibility index (Phi) is 74.7. The van der Waals surface area contributed by atoms with Crippen molar-refractivity contribution in [1.82, 2.24) is 0 Å². The standard InChI is InChI=1S/C86H168O17P2/c1-8-9-10-11-12-13-14-22-32-39-46-53-60-67-83(88)96-73-82(103-86(91)70-63-56-49-42-35-28-27-31-38-45-52-59-66-79(6)7)76-101-105(94,95)99-72-80(87)71-98-104(92,93)100-75-81(74-97-84(89)68-61-54-47-40-33-25-21-17-19-24-30-37-44-51-58-65-78(4)5)102-85(90)69-62-55-48-41-34-26-20-16-15-18-23-29-36-43-50-57-64-77(2)3/h77-82,87H,8-76H2,1-7H3,(H,92,93)(H,94,95)/t80-,81-,82-/m1/s1. The molecule has 0 aliphatic heterocycles. The molecule has 0 aliphatic rings. The fourth-order valence-corrected chi connectivity index (χ4v) is 14.9. The third-order valence-electron chi connectivity index (χ3n) is 20.1. The Hall–Kier alpha value is -1.94. The second-order valence-corrected chi connectivity index (χ2v) is 35.3. The molecule has 0 amide bonds. The molecule has 0 heterocycles. The van der Waals surface area contributed by atoms with Crippen molar-refractivity contribution < 1.29 is 80.2 Å². The molecule has 0 saturated heterocycles. The zero-order chi connectivity index (χ0) is 77.2. The maximum Gasteiger partial charge on any atom is 0.472 e. The molecule has 0 saturated carbocycles. The lowest BCUT2D eigenvalue weighted by Crippen LogP contribution is -2.30. The molecular weight excluding hydrogens is 1370 g/mol. The summed E-state index contributed by atoms with van der Waals surface area (Å²) in [5.74, 6) is 0.290. The van der Waals surface area contributed by atoms with Gasteiger partial charge in [-0.3, -0.25) is 37.3 Å². The van der Waals surface area contributed by atoms with E-state index in [0.29, 0.717) is 25.7 Å². The third kappa shape index (κ3) is 79.9. The number of aliphatic hydroxyl groups is 1. The molecule has 624 valence electrons. The zero-order valence-corrected chi connectivity index (χ0v) is 71.0. The Balaban J connectivity index is 5.27. The Morgan fingerprint density at radius 1 is 0.257 bits per heavy atom. The van der Waals surface area contributed by atoms with Crippen molar-refractivity contribution in [3.63, 3.8) is 0 Å². The molecular formula is C86H168O17P2. The van der Waals surface area contributed by atoms with E-state index in [0.717, 1.165) is 108 Å². The van der Waals surface area contributed by atoms with Crippen molar-refractivity contribution in [1.29, 1.82) is 0 Å². The van der Waals surface area contributed by atoms with E-state index in [-0.39, 0.29) is 25.7 Å². The van der Waals surface area contributed by atoms with Crippen molar-refractivity contribution in [3.05, 3.63) is 0 Å². The molecule has 0 aromatic carbocycles. The Morgan fingerprint density at radius 3 is 0.648 bits per heavy atom. The minimum absolute atomic E-state index is 0.107. The summed E-state index contributed by atoms with van der Waals surface area (Å²) in [5.41, 5.74) is 0. The lowest BCUT2D eigenvalue weighted by Gasteiger charge is -2.21. The van der Waals surface area contributed by atoms with E-state index in [4.69, 9.17) is 37.0 Å². The number of phosphoric ester groups is 2. The number of rotatable bonds is 84. The van der Waals surface area contributed by atoms with Gasteiger partial charge in [0.2, 0.25) is 0 Å². The summed E-state index contributed by atoms with van der Waals surface area (Å²) in [6, 6.07) is 0. The van der Waals surface area contributed by atoms with Gasteiger partial charge in [-0.25, -0.2) is 9.13 Å². The second kappa shape index (κ2) is 76.1. The lowest BCUT2D eigenvalue weighted by molar-refractivity contribution is -0.161. The van der Waals surface area contributed by atoms with Crippen molar-refractivity contribution >= 4 is 39.5 Å². The SMILES string of the molecule is CCCCCCCCCCCCCCCC(=O)OC[C@H](COP(=O)(O)OC[C@H](O)COP(=O)(O)OC[C@@H](COC(=O)CCCCCCCCCCCCCCCCCC(C)C)OC(=O)CCCCCCCCCCCCCCCCCCC(C)C)OC(=O)CCCCCCCCCCCCCCC(C)C. The van der Waals surface area contributed by atoms with Crippen LogP contribution in [0.3, 0.4) is 0 Å². The average molecular weight is 1540 g/mol. The van der Waals surface area contributed by atoms with Crippen LogP contribution < -0.4 is 0 Å². The Morgan fingerprint density at radius 2 is 0.438 bits per heavy atom. The van der Waals surface area contributed by atoms with Crippen LogP contribution in [-0.2, 0) is 65.4 Å². The molecule has 17 nitrogen and oxygen atoms in total. The molecule has 5 atom stereocenters. The number of ether oxygens (including phenoxy) is 4. The molecule has 0 bridgehead atoms. The van der Waals surface area contributed by atoms with Gasteiger partial charge in [0, 0.05) is 25.7 Å². The monoisotopic (exact) mass is 1540 g/mol. The van der Waals surface area contributed by atoms with Gasteiger partial charge in [0.1, 0.15) is 19.3 Å². The first-order chi connectivity index (χ1) is 50.7. The van der Waals surface area contributed by atoms with Crippen LogP contribution >= 0.6 is 15.6 Å². The first-order valence-electron chi connectivity index (χ1n) is 44.3. The smallest absolute Gasteiger partial charge is 0.462 e. The number of hydrogen-bond donors (Lipinski definition) is 3. The van der Waals surface area contributed by atoms with Gasteiger partial charge in [-0.2, -0.15) is 0 Å². The number of esters is 4. The second-order valence-electron chi connectivity index (χ2n) is 32.4. The van der Waals surface area contributed by atoms with Crippen LogP contribution in [0.2, 0.25) is 0 Å². The van der Waals surface area contributed by atoms with Gasteiger partial charge in [0.25, 0.3) is 0 Å². The summed E-state index contributed by atoms with van der Waals surface area (Å²) in [6.45, 7) is 12.1. The largest absolute Gasteiger partial charge is 0.472 e. The number of carbonyl (C=O) groups excluding carboxylic acids is 4. The quantitative estimate of drug-likeness (QED) is 0.0222. The molecule has 19 heteroatoms. The first kappa shape index (κ1) is 103. The number of carbonyl (C=O) groups is 4. The van der Waals surface area contributed by atoms with E-state index in [9.17, 15) is 43.2 Å². The van der Waals surface area contributed by atoms with Crippen LogP contribution in [0.25, 0.3) is 0 Å². The van der Waals surface area contributed by atoms with Gasteiger partial charge >= 0.3 is 39.5 Å². The van der Waals surface area contributed by atoms with Crippen LogP contribution in [0.1, 0.15) is 453 Å². The van der Waals surface area contributed by atoms with Crippen LogP contribution in [-0.4, -0.2) is 96.7 Å². The van der Waals surface area contributed by atoms with E-state index >= 15 is 0 Å². The average Bonchev–Trinajstić information content (AvgIpc) is 0.908. The molecule has 0 fully saturated rings. The molecule has 105 heavy (non-hydrogen) atoms. The lowest BCUT2D eigenvalue weighted by atomic mass is 10.0. The van der Waals surface area contributed by atoms with Gasteiger partial charge < -0.3 is 33.8 Å². The number of hydrogen-bond acceptors (Lipinski definition) is 15. The summed E-state index contributed by atoms with van der Waals surface area (Å²) in [6.07, 6.45) is 66.5. The number of unbranched alkanes of at least 4 members (excludes halogenated alkanes) is 52. The highest BCUT2D eigenvalue weighted by Crippen LogP contribution is 2.45. The highest BCUT2D eigenvalue weighted by atomic mass is 31.2. The molecule has 0 spiro atoms. The zero-order valence-electron chi connectivity index (χ0n) is 69.2. The van der Waals surface area contributed by atoms with Crippen molar-refractivity contribution in [2.75, 3.05) is 39.6 Å².